The Morgan fingerprint density at radius 1 is 0.929 bits per heavy atom. The highest BCUT2D eigenvalue weighted by molar-refractivity contribution is 6.07. The van der Waals surface area contributed by atoms with E-state index < -0.39 is 0 Å². The van der Waals surface area contributed by atoms with Crippen LogP contribution in [0.4, 0.5) is 0 Å². The first kappa shape index (κ1) is 17.9. The molecule has 5 rings (SSSR count). The van der Waals surface area contributed by atoms with Gasteiger partial charge in [-0.25, -0.2) is 0 Å². The molecule has 4 aliphatic rings. The van der Waals surface area contributed by atoms with Crippen molar-refractivity contribution < 1.29 is 14.4 Å². The molecule has 3 atom stereocenters. The molecular weight excluding hydrogens is 352 g/mol. The van der Waals surface area contributed by atoms with Gasteiger partial charge in [0.2, 0.25) is 17.7 Å². The summed E-state index contributed by atoms with van der Waals surface area (Å²) in [6.07, 6.45) is 8.76. The number of amides is 3. The van der Waals surface area contributed by atoms with Crippen LogP contribution < -0.4 is 0 Å². The second-order valence-corrected chi connectivity index (χ2v) is 8.90. The first-order valence-electron chi connectivity index (χ1n) is 10.9. The summed E-state index contributed by atoms with van der Waals surface area (Å²) in [4.78, 5) is 42.3. The van der Waals surface area contributed by atoms with E-state index in [0.717, 1.165) is 57.8 Å². The highest BCUT2D eigenvalue weighted by atomic mass is 16.2. The topological polar surface area (TPSA) is 57.7 Å². The lowest BCUT2D eigenvalue weighted by atomic mass is 9.81. The van der Waals surface area contributed by atoms with Gasteiger partial charge in [-0.15, -0.1) is 0 Å². The predicted octanol–water partition coefficient (Wildman–Crippen LogP) is 3.23. The van der Waals surface area contributed by atoms with Crippen LogP contribution in [-0.2, 0) is 20.8 Å². The van der Waals surface area contributed by atoms with Gasteiger partial charge in [-0.1, -0.05) is 37.1 Å². The first-order chi connectivity index (χ1) is 13.6. The summed E-state index contributed by atoms with van der Waals surface area (Å²) < 4.78 is 0. The van der Waals surface area contributed by atoms with Crippen LogP contribution in [0.2, 0.25) is 0 Å². The summed E-state index contributed by atoms with van der Waals surface area (Å²) in [5.41, 5.74) is 2.58. The number of likely N-dealkylation sites (tertiary alicyclic amines) is 1. The Hall–Kier alpha value is -2.17. The molecule has 5 nitrogen and oxygen atoms in total. The number of hydrogen-bond donors (Lipinski definition) is 0. The van der Waals surface area contributed by atoms with Crippen molar-refractivity contribution >= 4 is 17.7 Å². The Morgan fingerprint density at radius 3 is 2.29 bits per heavy atom. The molecule has 1 saturated heterocycles. The average Bonchev–Trinajstić information content (AvgIpc) is 3.53. The average molecular weight is 380 g/mol. The quantitative estimate of drug-likeness (QED) is 0.754. The van der Waals surface area contributed by atoms with Gasteiger partial charge in [0.05, 0.1) is 17.9 Å². The van der Waals surface area contributed by atoms with Crippen molar-refractivity contribution in [3.8, 4) is 0 Å². The summed E-state index contributed by atoms with van der Waals surface area (Å²) in [5.74, 6) is -0.632. The molecule has 0 radical (unpaired) electrons. The van der Waals surface area contributed by atoms with Crippen molar-refractivity contribution in [1.82, 2.24) is 9.80 Å². The molecule has 3 fully saturated rings. The molecule has 3 aliphatic carbocycles. The van der Waals surface area contributed by atoms with E-state index in [1.807, 2.05) is 11.0 Å². The Morgan fingerprint density at radius 2 is 1.61 bits per heavy atom. The van der Waals surface area contributed by atoms with Gasteiger partial charge in [0.15, 0.2) is 0 Å². The molecule has 3 unspecified atom stereocenters. The maximum atomic E-state index is 13.4. The Kier molecular flexibility index (Phi) is 4.48. The minimum Gasteiger partial charge on any atom is -0.331 e. The van der Waals surface area contributed by atoms with Gasteiger partial charge in [0.25, 0.3) is 0 Å². The van der Waals surface area contributed by atoms with Gasteiger partial charge in [-0.05, 0) is 56.1 Å². The zero-order valence-corrected chi connectivity index (χ0v) is 16.3. The molecule has 148 valence electrons. The number of imide groups is 1. The SMILES string of the molecule is O=C1C2CCCCC2C(=O)N1CC(=O)N(C1CC1)C1CCCc2ccccc21. The van der Waals surface area contributed by atoms with Crippen LogP contribution in [0.5, 0.6) is 0 Å². The Bertz CT molecular complexity index is 792. The predicted molar refractivity (Wildman–Crippen MR) is 104 cm³/mol. The minimum atomic E-state index is -0.182. The van der Waals surface area contributed by atoms with Crippen LogP contribution in [0, 0.1) is 11.8 Å². The molecule has 5 heteroatoms. The molecule has 3 amide bonds. The smallest absolute Gasteiger partial charge is 0.243 e. The van der Waals surface area contributed by atoms with E-state index in [1.165, 1.54) is 16.0 Å². The van der Waals surface area contributed by atoms with Gasteiger partial charge < -0.3 is 4.90 Å². The summed E-state index contributed by atoms with van der Waals surface area (Å²) >= 11 is 0. The van der Waals surface area contributed by atoms with E-state index in [1.54, 1.807) is 0 Å². The van der Waals surface area contributed by atoms with E-state index >= 15 is 0 Å². The van der Waals surface area contributed by atoms with Gasteiger partial charge >= 0.3 is 0 Å². The molecule has 0 bridgehead atoms. The zero-order valence-electron chi connectivity index (χ0n) is 16.3. The number of aryl methyl sites for hydroxylation is 1. The van der Waals surface area contributed by atoms with Crippen LogP contribution in [0.15, 0.2) is 24.3 Å². The molecular formula is C23H28N2O3. The number of rotatable bonds is 4. The molecule has 0 aromatic heterocycles. The Labute approximate surface area is 166 Å². The fourth-order valence-electron chi connectivity index (χ4n) is 5.61. The summed E-state index contributed by atoms with van der Waals surface area (Å²) in [6.45, 7) is -0.0696. The van der Waals surface area contributed by atoms with E-state index in [-0.39, 0.29) is 48.2 Å². The molecule has 0 N–H and O–H groups in total. The first-order valence-corrected chi connectivity index (χ1v) is 10.9. The normalized spacial score (nSPS) is 29.4. The lowest BCUT2D eigenvalue weighted by Crippen LogP contribution is -2.46. The third-order valence-electron chi connectivity index (χ3n) is 7.13. The summed E-state index contributed by atoms with van der Waals surface area (Å²) in [5, 5.41) is 0. The second kappa shape index (κ2) is 7.02. The highest BCUT2D eigenvalue weighted by Gasteiger charge is 2.49. The third-order valence-corrected chi connectivity index (χ3v) is 7.13. The van der Waals surface area contributed by atoms with E-state index in [2.05, 4.69) is 18.2 Å². The number of carbonyl (C=O) groups excluding carboxylic acids is 3. The molecule has 1 aromatic carbocycles. The molecule has 1 heterocycles. The molecule has 2 saturated carbocycles. The van der Waals surface area contributed by atoms with Crippen molar-refractivity contribution in [2.75, 3.05) is 6.54 Å². The number of hydrogen-bond acceptors (Lipinski definition) is 3. The zero-order chi connectivity index (χ0) is 19.3. The number of nitrogens with zero attached hydrogens (tertiary/aromatic N) is 2. The van der Waals surface area contributed by atoms with Crippen LogP contribution in [0.25, 0.3) is 0 Å². The maximum absolute atomic E-state index is 13.4. The van der Waals surface area contributed by atoms with Gasteiger partial charge in [0, 0.05) is 6.04 Å². The lowest BCUT2D eigenvalue weighted by molar-refractivity contribution is -0.148. The molecule has 0 spiro atoms. The fraction of sp³-hybridized carbons (Fsp3) is 0.609. The van der Waals surface area contributed by atoms with Crippen LogP contribution >= 0.6 is 0 Å². The van der Waals surface area contributed by atoms with E-state index in [9.17, 15) is 14.4 Å². The van der Waals surface area contributed by atoms with Gasteiger partial charge in [0.1, 0.15) is 6.54 Å². The van der Waals surface area contributed by atoms with Crippen molar-refractivity contribution in [2.24, 2.45) is 11.8 Å². The maximum Gasteiger partial charge on any atom is 0.243 e. The van der Waals surface area contributed by atoms with Crippen molar-refractivity contribution in [2.45, 2.75) is 69.9 Å². The van der Waals surface area contributed by atoms with E-state index in [4.69, 9.17) is 0 Å². The summed E-state index contributed by atoms with van der Waals surface area (Å²) in [6, 6.07) is 8.76. The monoisotopic (exact) mass is 380 g/mol. The molecule has 1 aliphatic heterocycles. The van der Waals surface area contributed by atoms with Gasteiger partial charge in [-0.2, -0.15) is 0 Å². The minimum absolute atomic E-state index is 0.0513. The molecule has 1 aromatic rings. The van der Waals surface area contributed by atoms with E-state index in [0.29, 0.717) is 0 Å². The van der Waals surface area contributed by atoms with Crippen molar-refractivity contribution in [1.29, 1.82) is 0 Å². The largest absolute Gasteiger partial charge is 0.331 e. The number of fused-ring (bicyclic) bond motifs is 2. The fourth-order valence-corrected chi connectivity index (χ4v) is 5.61. The second-order valence-electron chi connectivity index (χ2n) is 8.90. The molecule has 28 heavy (non-hydrogen) atoms. The third kappa shape index (κ3) is 2.96. The summed E-state index contributed by atoms with van der Waals surface area (Å²) in [7, 11) is 0. The van der Waals surface area contributed by atoms with Crippen LogP contribution in [0.1, 0.15) is 68.5 Å². The van der Waals surface area contributed by atoms with Crippen molar-refractivity contribution in [3.05, 3.63) is 35.4 Å². The van der Waals surface area contributed by atoms with Gasteiger partial charge in [-0.3, -0.25) is 19.3 Å². The Balaban J connectivity index is 1.38. The number of benzene rings is 1. The van der Waals surface area contributed by atoms with Crippen molar-refractivity contribution in [3.63, 3.8) is 0 Å². The standard InChI is InChI=1S/C23H28N2O3/c26-21(14-24-22(27)18-9-3-4-10-19(18)23(24)28)25(16-12-13-16)20-11-5-7-15-6-1-2-8-17(15)20/h1-2,6,8,16,18-20H,3-5,7,9-14H2. The van der Waals surface area contributed by atoms with Crippen LogP contribution in [0.3, 0.4) is 0 Å². The van der Waals surface area contributed by atoms with Crippen LogP contribution in [-0.4, -0.2) is 40.1 Å². The lowest BCUT2D eigenvalue weighted by Gasteiger charge is -2.37. The number of carbonyl (C=O) groups is 3. The highest BCUT2D eigenvalue weighted by Crippen LogP contribution is 2.42.